The average molecular weight is 397 g/mol. The Hall–Kier alpha value is -2.81. The zero-order chi connectivity index (χ0) is 19.2. The summed E-state index contributed by atoms with van der Waals surface area (Å²) in [7, 11) is 1.59. The topological polar surface area (TPSA) is 55.1 Å². The van der Waals surface area contributed by atoms with Crippen LogP contribution in [0.3, 0.4) is 0 Å². The summed E-state index contributed by atoms with van der Waals surface area (Å²) in [6, 6.07) is 15.3. The van der Waals surface area contributed by atoms with Gasteiger partial charge in [0.05, 0.1) is 12.7 Å². The Balaban J connectivity index is 1.80. The van der Waals surface area contributed by atoms with Gasteiger partial charge in [-0.2, -0.15) is 5.26 Å². The molecule has 0 saturated heterocycles. The van der Waals surface area contributed by atoms with E-state index in [9.17, 15) is 5.26 Å². The van der Waals surface area contributed by atoms with E-state index in [0.717, 1.165) is 16.8 Å². The maximum absolute atomic E-state index is 9.44. The fourth-order valence-electron chi connectivity index (χ4n) is 2.42. The van der Waals surface area contributed by atoms with Crippen molar-refractivity contribution < 1.29 is 9.47 Å². The van der Waals surface area contributed by atoms with Gasteiger partial charge in [-0.1, -0.05) is 29.8 Å². The number of thiazole rings is 1. The van der Waals surface area contributed by atoms with Gasteiger partial charge in [0.1, 0.15) is 17.7 Å². The zero-order valence-corrected chi connectivity index (χ0v) is 16.5. The molecule has 0 aliphatic heterocycles. The molecule has 136 valence electrons. The lowest BCUT2D eigenvalue weighted by molar-refractivity contribution is 0.284. The van der Waals surface area contributed by atoms with E-state index in [2.05, 4.69) is 11.1 Å². The van der Waals surface area contributed by atoms with Crippen LogP contribution in [0.4, 0.5) is 0 Å². The van der Waals surface area contributed by atoms with E-state index in [4.69, 9.17) is 21.1 Å². The number of hydrogen-bond donors (Lipinski definition) is 0. The molecule has 0 aliphatic carbocycles. The molecule has 0 unspecified atom stereocenters. The first-order chi connectivity index (χ1) is 13.1. The van der Waals surface area contributed by atoms with E-state index in [1.54, 1.807) is 13.2 Å². The van der Waals surface area contributed by atoms with Crippen LogP contribution >= 0.6 is 22.9 Å². The molecule has 3 aromatic rings. The number of aromatic nitrogens is 1. The number of allylic oxidation sites excluding steroid dienone is 1. The summed E-state index contributed by atoms with van der Waals surface area (Å²) in [5, 5.41) is 12.8. The van der Waals surface area contributed by atoms with Gasteiger partial charge in [0.2, 0.25) is 0 Å². The Bertz CT molecular complexity index is 1000. The average Bonchev–Trinajstić information content (AvgIpc) is 3.12. The standard InChI is InChI=1S/C21H17ClN2O2S/c1-14-13-27-21(24-14)17(11-23)9-16-5-8-19(20(10-16)25-2)26-12-15-3-6-18(22)7-4-15/h3-10,13H,12H2,1-2H3/b17-9-. The summed E-state index contributed by atoms with van der Waals surface area (Å²) in [6.07, 6.45) is 1.80. The molecule has 1 aromatic heterocycles. The number of halogens is 1. The van der Waals surface area contributed by atoms with Crippen LogP contribution in [0.2, 0.25) is 5.02 Å². The highest BCUT2D eigenvalue weighted by molar-refractivity contribution is 7.11. The quantitative estimate of drug-likeness (QED) is 0.497. The van der Waals surface area contributed by atoms with E-state index < -0.39 is 0 Å². The predicted octanol–water partition coefficient (Wildman–Crippen LogP) is 5.76. The van der Waals surface area contributed by atoms with Gasteiger partial charge in [-0.3, -0.25) is 0 Å². The van der Waals surface area contributed by atoms with Crippen molar-refractivity contribution in [1.82, 2.24) is 4.98 Å². The second-order valence-electron chi connectivity index (χ2n) is 5.79. The fourth-order valence-corrected chi connectivity index (χ4v) is 3.31. The Morgan fingerprint density at radius 2 is 2.00 bits per heavy atom. The molecule has 0 bridgehead atoms. The molecule has 2 aromatic carbocycles. The third kappa shape index (κ3) is 4.88. The lowest BCUT2D eigenvalue weighted by Crippen LogP contribution is -1.98. The summed E-state index contributed by atoms with van der Waals surface area (Å²) < 4.78 is 11.3. The molecule has 0 amide bonds. The van der Waals surface area contributed by atoms with Gasteiger partial charge in [0, 0.05) is 16.1 Å². The molecule has 0 spiro atoms. The van der Waals surface area contributed by atoms with Crippen molar-refractivity contribution in [2.45, 2.75) is 13.5 Å². The molecule has 27 heavy (non-hydrogen) atoms. The van der Waals surface area contributed by atoms with E-state index in [-0.39, 0.29) is 0 Å². The van der Waals surface area contributed by atoms with Crippen LogP contribution in [-0.4, -0.2) is 12.1 Å². The van der Waals surface area contributed by atoms with Gasteiger partial charge in [0.25, 0.3) is 0 Å². The normalized spacial score (nSPS) is 11.1. The molecule has 0 aliphatic rings. The van der Waals surface area contributed by atoms with E-state index in [1.165, 1.54) is 11.3 Å². The molecule has 3 rings (SSSR count). The number of methoxy groups -OCH3 is 1. The third-order valence-electron chi connectivity index (χ3n) is 3.78. The number of rotatable bonds is 6. The van der Waals surface area contributed by atoms with Gasteiger partial charge in [0.15, 0.2) is 11.5 Å². The van der Waals surface area contributed by atoms with Gasteiger partial charge in [-0.25, -0.2) is 4.98 Å². The molecule has 0 saturated carbocycles. The van der Waals surface area contributed by atoms with Crippen molar-refractivity contribution in [3.05, 3.63) is 74.7 Å². The van der Waals surface area contributed by atoms with Gasteiger partial charge in [-0.05, 0) is 48.4 Å². The lowest BCUT2D eigenvalue weighted by Gasteiger charge is -2.11. The number of aryl methyl sites for hydroxylation is 1. The molecule has 0 atom stereocenters. The van der Waals surface area contributed by atoms with E-state index in [0.29, 0.717) is 33.7 Å². The summed E-state index contributed by atoms with van der Waals surface area (Å²) in [5.74, 6) is 1.23. The van der Waals surface area contributed by atoms with E-state index in [1.807, 2.05) is 54.8 Å². The van der Waals surface area contributed by atoms with Crippen molar-refractivity contribution >= 4 is 34.6 Å². The van der Waals surface area contributed by atoms with Crippen LogP contribution in [0.5, 0.6) is 11.5 Å². The first kappa shape index (κ1) is 19.0. The molecule has 4 nitrogen and oxygen atoms in total. The second-order valence-corrected chi connectivity index (χ2v) is 7.08. The Morgan fingerprint density at radius 3 is 2.63 bits per heavy atom. The fraction of sp³-hybridized carbons (Fsp3) is 0.143. The van der Waals surface area contributed by atoms with Crippen LogP contribution in [0.1, 0.15) is 21.8 Å². The highest BCUT2D eigenvalue weighted by Crippen LogP contribution is 2.31. The minimum absolute atomic E-state index is 0.407. The van der Waals surface area contributed by atoms with Crippen molar-refractivity contribution in [2.75, 3.05) is 7.11 Å². The molecule has 0 N–H and O–H groups in total. The summed E-state index contributed by atoms with van der Waals surface area (Å²) in [4.78, 5) is 4.37. The summed E-state index contributed by atoms with van der Waals surface area (Å²) in [5.41, 5.74) is 3.27. The Labute approximate surface area is 167 Å². The highest BCUT2D eigenvalue weighted by atomic mass is 35.5. The summed E-state index contributed by atoms with van der Waals surface area (Å²) >= 11 is 7.35. The first-order valence-electron chi connectivity index (χ1n) is 8.18. The van der Waals surface area contributed by atoms with Crippen LogP contribution in [0.25, 0.3) is 11.6 Å². The van der Waals surface area contributed by atoms with Gasteiger partial charge < -0.3 is 9.47 Å². The molecule has 0 radical (unpaired) electrons. The molecular formula is C21H17ClN2O2S. The summed E-state index contributed by atoms with van der Waals surface area (Å²) in [6.45, 7) is 2.31. The molecular weight excluding hydrogens is 380 g/mol. The maximum Gasteiger partial charge on any atom is 0.161 e. The van der Waals surface area contributed by atoms with Gasteiger partial charge >= 0.3 is 0 Å². The number of ether oxygens (including phenoxy) is 2. The molecule has 6 heteroatoms. The number of nitrogens with zero attached hydrogens (tertiary/aromatic N) is 2. The highest BCUT2D eigenvalue weighted by Gasteiger charge is 2.09. The number of benzene rings is 2. The van der Waals surface area contributed by atoms with Crippen molar-refractivity contribution in [1.29, 1.82) is 5.26 Å². The Kier molecular flexibility index (Phi) is 6.12. The van der Waals surface area contributed by atoms with Crippen molar-refractivity contribution in [3.8, 4) is 17.6 Å². The monoisotopic (exact) mass is 396 g/mol. The molecule has 1 heterocycles. The smallest absolute Gasteiger partial charge is 0.161 e. The van der Waals surface area contributed by atoms with Crippen LogP contribution < -0.4 is 9.47 Å². The lowest BCUT2D eigenvalue weighted by atomic mass is 10.1. The predicted molar refractivity (Wildman–Crippen MR) is 109 cm³/mol. The van der Waals surface area contributed by atoms with Crippen molar-refractivity contribution in [3.63, 3.8) is 0 Å². The largest absolute Gasteiger partial charge is 0.493 e. The second kappa shape index (κ2) is 8.72. The molecule has 0 fully saturated rings. The zero-order valence-electron chi connectivity index (χ0n) is 14.9. The number of hydrogen-bond acceptors (Lipinski definition) is 5. The SMILES string of the molecule is COc1cc(/C=C(/C#N)c2nc(C)cs2)ccc1OCc1ccc(Cl)cc1. The van der Waals surface area contributed by atoms with Crippen LogP contribution in [0.15, 0.2) is 47.8 Å². The minimum atomic E-state index is 0.407. The van der Waals surface area contributed by atoms with Crippen LogP contribution in [-0.2, 0) is 6.61 Å². The maximum atomic E-state index is 9.44. The first-order valence-corrected chi connectivity index (χ1v) is 9.44. The van der Waals surface area contributed by atoms with Crippen LogP contribution in [0, 0.1) is 18.3 Å². The number of nitriles is 1. The van der Waals surface area contributed by atoms with Gasteiger partial charge in [-0.15, -0.1) is 11.3 Å². The Morgan fingerprint density at radius 1 is 1.22 bits per heavy atom. The minimum Gasteiger partial charge on any atom is -0.493 e. The van der Waals surface area contributed by atoms with Crippen molar-refractivity contribution in [2.24, 2.45) is 0 Å². The third-order valence-corrected chi connectivity index (χ3v) is 5.02. The van der Waals surface area contributed by atoms with E-state index >= 15 is 0 Å².